The van der Waals surface area contributed by atoms with Gasteiger partial charge in [-0.2, -0.15) is 0 Å². The largest absolute Gasteiger partial charge is 0.309 e. The number of fused-ring (bicyclic) bond motifs is 9. The Hall–Kier alpha value is -8.96. The molecule has 3 heterocycles. The highest BCUT2D eigenvalue weighted by atomic mass is 28.3. The van der Waals surface area contributed by atoms with E-state index in [1.54, 1.807) is 0 Å². The van der Waals surface area contributed by atoms with Gasteiger partial charge in [0, 0.05) is 43.7 Å². The van der Waals surface area contributed by atoms with Crippen molar-refractivity contribution in [2.75, 3.05) is 0 Å². The molecule has 0 aliphatic carbocycles. The molecule has 0 saturated carbocycles. The summed E-state index contributed by atoms with van der Waals surface area (Å²) < 4.78 is 7.50. The lowest BCUT2D eigenvalue weighted by Crippen LogP contribution is -2.74. The van der Waals surface area contributed by atoms with E-state index in [1.807, 2.05) is 0 Å². The Morgan fingerprint density at radius 2 is 0.686 bits per heavy atom. The van der Waals surface area contributed by atoms with E-state index in [2.05, 4.69) is 287 Å². The third kappa shape index (κ3) is 6.00. The first-order chi connectivity index (χ1) is 34.8. The average Bonchev–Trinajstić information content (AvgIpc) is 4.08. The molecule has 0 radical (unpaired) electrons. The first-order valence-corrected chi connectivity index (χ1v) is 26.2. The van der Waals surface area contributed by atoms with E-state index >= 15 is 0 Å². The van der Waals surface area contributed by atoms with E-state index < -0.39 is 8.07 Å². The normalized spacial score (nSPS) is 12.0. The van der Waals surface area contributed by atoms with E-state index in [0.717, 1.165) is 28.1 Å². The SMILES string of the molecule is c1ccc(-c2cccc(-n3c4ccccc4c4cccc(-n5c6ccc([Si](c7ccccc7)(c7ccccc7)c7ccccc7)cc6c6ccc(-n7c8ccccc8c8ccccc87)cc65)c43)c2)cc1. The predicted molar refractivity (Wildman–Crippen MR) is 299 cm³/mol. The summed E-state index contributed by atoms with van der Waals surface area (Å²) in [6.45, 7) is 0. The van der Waals surface area contributed by atoms with Crippen LogP contribution in [0.4, 0.5) is 0 Å². The van der Waals surface area contributed by atoms with Crippen LogP contribution in [0, 0.1) is 0 Å². The van der Waals surface area contributed by atoms with Crippen LogP contribution in [0.3, 0.4) is 0 Å². The summed E-state index contributed by atoms with van der Waals surface area (Å²) in [5, 5.41) is 12.8. The summed E-state index contributed by atoms with van der Waals surface area (Å²) >= 11 is 0. The molecule has 0 aliphatic rings. The molecule has 14 rings (SSSR count). The van der Waals surface area contributed by atoms with Gasteiger partial charge in [0.05, 0.1) is 38.8 Å². The summed E-state index contributed by atoms with van der Waals surface area (Å²) in [4.78, 5) is 0. The van der Waals surface area contributed by atoms with Gasteiger partial charge in [-0.25, -0.2) is 0 Å². The highest BCUT2D eigenvalue weighted by Crippen LogP contribution is 2.41. The molecule has 0 unspecified atom stereocenters. The van der Waals surface area contributed by atoms with E-state index in [1.165, 1.54) is 86.3 Å². The van der Waals surface area contributed by atoms with Gasteiger partial charge in [0.2, 0.25) is 0 Å². The number of para-hydroxylation sites is 4. The molecule has 0 amide bonds. The van der Waals surface area contributed by atoms with Crippen molar-refractivity contribution >= 4 is 94.2 Å². The van der Waals surface area contributed by atoms with Crippen LogP contribution < -0.4 is 20.7 Å². The third-order valence-electron chi connectivity index (χ3n) is 14.8. The molecule has 0 fully saturated rings. The van der Waals surface area contributed by atoms with E-state index in [0.29, 0.717) is 0 Å². The fraction of sp³-hybridized carbons (Fsp3) is 0. The Bertz CT molecular complexity index is 4130. The standard InChI is InChI=1S/C66H45N3Si/c1-5-21-46(22-6-1)47-23-19-24-48(43-47)68-62-37-18-15-33-56(62)58-34-20-38-64(66(58)68)69-63-42-40-53(70(50-25-7-2-8-26-50,51-27-9-3-10-28-51)52-29-11-4-12-30-52)45-59(63)57-41-39-49(44-65(57)69)67-60-35-16-13-31-54(60)55-32-14-17-36-61(55)67/h1-45H. The molecular formula is C66H45N3Si. The maximum Gasteiger partial charge on any atom is 0.179 e. The lowest BCUT2D eigenvalue weighted by atomic mass is 10.1. The number of hydrogen-bond acceptors (Lipinski definition) is 0. The van der Waals surface area contributed by atoms with E-state index in [4.69, 9.17) is 0 Å². The van der Waals surface area contributed by atoms with Crippen molar-refractivity contribution in [3.8, 4) is 28.2 Å². The monoisotopic (exact) mass is 907 g/mol. The second kappa shape index (κ2) is 16.1. The minimum Gasteiger partial charge on any atom is -0.309 e. The number of rotatable bonds is 8. The van der Waals surface area contributed by atoms with Crippen LogP contribution in [0.15, 0.2) is 273 Å². The van der Waals surface area contributed by atoms with Gasteiger partial charge in [0.15, 0.2) is 8.07 Å². The number of aromatic nitrogens is 3. The van der Waals surface area contributed by atoms with Crippen molar-refractivity contribution in [3.63, 3.8) is 0 Å². The fourth-order valence-corrected chi connectivity index (χ4v) is 16.6. The molecule has 3 aromatic heterocycles. The molecule has 4 heteroatoms. The molecule has 328 valence electrons. The molecule has 14 aromatic rings. The Morgan fingerprint density at radius 3 is 1.30 bits per heavy atom. The van der Waals surface area contributed by atoms with Gasteiger partial charge in [-0.1, -0.05) is 218 Å². The van der Waals surface area contributed by atoms with Crippen molar-refractivity contribution in [2.45, 2.75) is 0 Å². The second-order valence-electron chi connectivity index (χ2n) is 18.4. The van der Waals surface area contributed by atoms with Crippen LogP contribution in [-0.4, -0.2) is 21.8 Å². The van der Waals surface area contributed by atoms with Gasteiger partial charge in [0.1, 0.15) is 0 Å². The minimum absolute atomic E-state index is 1.12. The maximum absolute atomic E-state index is 2.86. The van der Waals surface area contributed by atoms with E-state index in [9.17, 15) is 0 Å². The summed E-state index contributed by atoms with van der Waals surface area (Å²) in [6, 6.07) is 101. The van der Waals surface area contributed by atoms with Crippen LogP contribution in [0.1, 0.15) is 0 Å². The van der Waals surface area contributed by atoms with Crippen molar-refractivity contribution in [1.82, 2.24) is 13.7 Å². The first kappa shape index (κ1) is 40.1. The molecule has 3 nitrogen and oxygen atoms in total. The van der Waals surface area contributed by atoms with Crippen molar-refractivity contribution in [3.05, 3.63) is 273 Å². The van der Waals surface area contributed by atoms with E-state index in [-0.39, 0.29) is 0 Å². The van der Waals surface area contributed by atoms with Crippen LogP contribution in [0.2, 0.25) is 0 Å². The van der Waals surface area contributed by atoms with Gasteiger partial charge >= 0.3 is 0 Å². The highest BCUT2D eigenvalue weighted by molar-refractivity contribution is 7.20. The number of hydrogen-bond donors (Lipinski definition) is 0. The zero-order chi connectivity index (χ0) is 46.2. The number of nitrogens with zero attached hydrogens (tertiary/aromatic N) is 3. The van der Waals surface area contributed by atoms with Crippen LogP contribution in [0.5, 0.6) is 0 Å². The Morgan fingerprint density at radius 1 is 0.229 bits per heavy atom. The molecule has 70 heavy (non-hydrogen) atoms. The summed E-state index contributed by atoms with van der Waals surface area (Å²) in [6.07, 6.45) is 0. The van der Waals surface area contributed by atoms with Gasteiger partial charge in [-0.15, -0.1) is 0 Å². The summed E-state index contributed by atoms with van der Waals surface area (Å²) in [5.41, 5.74) is 12.8. The van der Waals surface area contributed by atoms with Crippen LogP contribution in [-0.2, 0) is 0 Å². The summed E-state index contributed by atoms with van der Waals surface area (Å²) in [5.74, 6) is 0. The molecule has 11 aromatic carbocycles. The topological polar surface area (TPSA) is 14.8 Å². The molecule has 0 saturated heterocycles. The zero-order valence-electron chi connectivity index (χ0n) is 38.3. The Balaban J connectivity index is 1.11. The molecule has 0 bridgehead atoms. The fourth-order valence-electron chi connectivity index (χ4n) is 11.8. The third-order valence-corrected chi connectivity index (χ3v) is 19.5. The van der Waals surface area contributed by atoms with Gasteiger partial charge < -0.3 is 13.7 Å². The van der Waals surface area contributed by atoms with Crippen molar-refractivity contribution < 1.29 is 0 Å². The summed E-state index contributed by atoms with van der Waals surface area (Å²) in [7, 11) is -2.86. The Labute approximate surface area is 407 Å². The quantitative estimate of drug-likeness (QED) is 0.107. The molecule has 0 aliphatic heterocycles. The van der Waals surface area contributed by atoms with Crippen LogP contribution in [0.25, 0.3) is 93.6 Å². The zero-order valence-corrected chi connectivity index (χ0v) is 39.3. The Kier molecular flexibility index (Phi) is 9.23. The van der Waals surface area contributed by atoms with Gasteiger partial charge in [-0.3, -0.25) is 0 Å². The first-order valence-electron chi connectivity index (χ1n) is 24.2. The van der Waals surface area contributed by atoms with Gasteiger partial charge in [0.25, 0.3) is 0 Å². The lowest BCUT2D eigenvalue weighted by Gasteiger charge is -2.34. The second-order valence-corrected chi connectivity index (χ2v) is 22.2. The minimum atomic E-state index is -2.86. The average molecular weight is 908 g/mol. The molecule has 0 spiro atoms. The highest BCUT2D eigenvalue weighted by Gasteiger charge is 2.41. The maximum atomic E-state index is 2.56. The van der Waals surface area contributed by atoms with Crippen molar-refractivity contribution in [2.24, 2.45) is 0 Å². The number of benzene rings is 11. The smallest absolute Gasteiger partial charge is 0.179 e. The van der Waals surface area contributed by atoms with Crippen molar-refractivity contribution in [1.29, 1.82) is 0 Å². The lowest BCUT2D eigenvalue weighted by molar-refractivity contribution is 1.12. The molecular weight excluding hydrogens is 863 g/mol. The van der Waals surface area contributed by atoms with Crippen LogP contribution >= 0.6 is 0 Å². The molecule has 0 N–H and O–H groups in total. The predicted octanol–water partition coefficient (Wildman–Crippen LogP) is 14.0. The molecule has 0 atom stereocenters. The van der Waals surface area contributed by atoms with Gasteiger partial charge in [-0.05, 0) is 86.5 Å².